The first kappa shape index (κ1) is 13.9. The lowest BCUT2D eigenvalue weighted by molar-refractivity contribution is 0.0495. The van der Waals surface area contributed by atoms with Crippen molar-refractivity contribution in [3.05, 3.63) is 0 Å². The quantitative estimate of drug-likeness (QED) is 0.615. The molecule has 0 bridgehead atoms. The van der Waals surface area contributed by atoms with Gasteiger partial charge in [-0.1, -0.05) is 19.8 Å². The minimum atomic E-state index is 0.555. The van der Waals surface area contributed by atoms with Crippen LogP contribution in [0, 0.1) is 5.92 Å². The standard InChI is InChI=1S/C13H27NO2/c1-3-8-14-13(11-16-10-9-15-2)12-6-4-5-7-12/h12-14H,3-11H2,1-2H3. The van der Waals surface area contributed by atoms with Crippen LogP contribution in [-0.4, -0.2) is 39.5 Å². The summed E-state index contributed by atoms with van der Waals surface area (Å²) in [6.45, 7) is 5.58. The second kappa shape index (κ2) is 8.97. The van der Waals surface area contributed by atoms with Crippen molar-refractivity contribution in [2.75, 3.05) is 33.5 Å². The van der Waals surface area contributed by atoms with Gasteiger partial charge in [0, 0.05) is 13.2 Å². The van der Waals surface area contributed by atoms with Gasteiger partial charge in [0.2, 0.25) is 0 Å². The van der Waals surface area contributed by atoms with Crippen LogP contribution in [0.5, 0.6) is 0 Å². The Morgan fingerprint density at radius 3 is 2.62 bits per heavy atom. The lowest BCUT2D eigenvalue weighted by Gasteiger charge is -2.24. The molecule has 3 nitrogen and oxygen atoms in total. The Labute approximate surface area is 99.9 Å². The molecule has 1 aliphatic carbocycles. The van der Waals surface area contributed by atoms with E-state index in [0.717, 1.165) is 19.1 Å². The zero-order valence-electron chi connectivity index (χ0n) is 10.8. The summed E-state index contributed by atoms with van der Waals surface area (Å²) in [7, 11) is 1.72. The number of hydrogen-bond acceptors (Lipinski definition) is 3. The van der Waals surface area contributed by atoms with Crippen LogP contribution in [0.25, 0.3) is 0 Å². The third-order valence-corrected chi connectivity index (χ3v) is 3.35. The fourth-order valence-corrected chi connectivity index (χ4v) is 2.40. The van der Waals surface area contributed by atoms with Crippen LogP contribution in [0.15, 0.2) is 0 Å². The van der Waals surface area contributed by atoms with Gasteiger partial charge in [0.05, 0.1) is 19.8 Å². The predicted molar refractivity (Wildman–Crippen MR) is 66.7 cm³/mol. The molecule has 0 aromatic rings. The molecule has 0 amide bonds. The molecule has 1 saturated carbocycles. The van der Waals surface area contributed by atoms with E-state index in [4.69, 9.17) is 9.47 Å². The van der Waals surface area contributed by atoms with Gasteiger partial charge in [-0.15, -0.1) is 0 Å². The SMILES string of the molecule is CCCNC(COCCOC)C1CCCC1. The molecule has 1 aliphatic rings. The molecule has 16 heavy (non-hydrogen) atoms. The lowest BCUT2D eigenvalue weighted by Crippen LogP contribution is -2.39. The van der Waals surface area contributed by atoms with E-state index < -0.39 is 0 Å². The fraction of sp³-hybridized carbons (Fsp3) is 1.00. The number of nitrogens with one attached hydrogen (secondary N) is 1. The minimum absolute atomic E-state index is 0.555. The molecule has 1 fully saturated rings. The van der Waals surface area contributed by atoms with Gasteiger partial charge in [-0.25, -0.2) is 0 Å². The van der Waals surface area contributed by atoms with Crippen LogP contribution in [0.4, 0.5) is 0 Å². The summed E-state index contributed by atoms with van der Waals surface area (Å²) in [6.07, 6.45) is 6.73. The maximum absolute atomic E-state index is 5.66. The average Bonchev–Trinajstić information content (AvgIpc) is 2.82. The van der Waals surface area contributed by atoms with Crippen molar-refractivity contribution in [3.8, 4) is 0 Å². The summed E-state index contributed by atoms with van der Waals surface area (Å²) >= 11 is 0. The van der Waals surface area contributed by atoms with E-state index in [1.54, 1.807) is 7.11 Å². The highest BCUT2D eigenvalue weighted by atomic mass is 16.5. The van der Waals surface area contributed by atoms with Gasteiger partial charge in [0.25, 0.3) is 0 Å². The lowest BCUT2D eigenvalue weighted by atomic mass is 9.99. The van der Waals surface area contributed by atoms with Gasteiger partial charge in [0.15, 0.2) is 0 Å². The van der Waals surface area contributed by atoms with Gasteiger partial charge >= 0.3 is 0 Å². The smallest absolute Gasteiger partial charge is 0.0701 e. The number of rotatable bonds is 9. The molecule has 1 unspecified atom stereocenters. The molecule has 96 valence electrons. The third kappa shape index (κ3) is 5.28. The number of hydrogen-bond donors (Lipinski definition) is 1. The summed E-state index contributed by atoms with van der Waals surface area (Å²) in [5.74, 6) is 0.828. The van der Waals surface area contributed by atoms with E-state index in [0.29, 0.717) is 19.3 Å². The van der Waals surface area contributed by atoms with Gasteiger partial charge in [-0.3, -0.25) is 0 Å². The summed E-state index contributed by atoms with van der Waals surface area (Å²) in [5, 5.41) is 3.62. The number of ether oxygens (including phenoxy) is 2. The molecule has 0 radical (unpaired) electrons. The second-order valence-electron chi connectivity index (χ2n) is 4.67. The zero-order chi connectivity index (χ0) is 11.6. The first-order valence-electron chi connectivity index (χ1n) is 6.68. The maximum atomic E-state index is 5.66. The minimum Gasteiger partial charge on any atom is -0.382 e. The first-order valence-corrected chi connectivity index (χ1v) is 6.68. The van der Waals surface area contributed by atoms with Crippen LogP contribution >= 0.6 is 0 Å². The Morgan fingerprint density at radius 2 is 2.00 bits per heavy atom. The second-order valence-corrected chi connectivity index (χ2v) is 4.67. The normalized spacial score (nSPS) is 19.1. The Bertz CT molecular complexity index is 158. The summed E-state index contributed by atoms with van der Waals surface area (Å²) < 4.78 is 10.6. The maximum Gasteiger partial charge on any atom is 0.0701 e. The van der Waals surface area contributed by atoms with E-state index >= 15 is 0 Å². The van der Waals surface area contributed by atoms with E-state index in [-0.39, 0.29) is 0 Å². The molecule has 1 rings (SSSR count). The van der Waals surface area contributed by atoms with Gasteiger partial charge in [-0.2, -0.15) is 0 Å². The highest BCUT2D eigenvalue weighted by Gasteiger charge is 2.24. The molecule has 1 N–H and O–H groups in total. The van der Waals surface area contributed by atoms with E-state index in [1.807, 2.05) is 0 Å². The van der Waals surface area contributed by atoms with Gasteiger partial charge in [-0.05, 0) is 31.7 Å². The van der Waals surface area contributed by atoms with Crippen LogP contribution in [0.3, 0.4) is 0 Å². The van der Waals surface area contributed by atoms with Crippen LogP contribution in [0.1, 0.15) is 39.0 Å². The predicted octanol–water partition coefficient (Wildman–Crippen LogP) is 2.21. The van der Waals surface area contributed by atoms with Crippen molar-refractivity contribution in [1.82, 2.24) is 5.32 Å². The third-order valence-electron chi connectivity index (χ3n) is 3.35. The summed E-state index contributed by atoms with van der Waals surface area (Å²) in [5.41, 5.74) is 0. The highest BCUT2D eigenvalue weighted by molar-refractivity contribution is 4.80. The van der Waals surface area contributed by atoms with Crippen LogP contribution in [0.2, 0.25) is 0 Å². The average molecular weight is 229 g/mol. The zero-order valence-corrected chi connectivity index (χ0v) is 10.8. The van der Waals surface area contributed by atoms with Crippen molar-refractivity contribution in [2.24, 2.45) is 5.92 Å². The number of methoxy groups -OCH3 is 1. The topological polar surface area (TPSA) is 30.5 Å². The molecule has 0 aliphatic heterocycles. The first-order chi connectivity index (χ1) is 7.88. The molecular formula is C13H27NO2. The van der Waals surface area contributed by atoms with Crippen LogP contribution < -0.4 is 5.32 Å². The van der Waals surface area contributed by atoms with E-state index in [9.17, 15) is 0 Å². The molecule has 1 atom stereocenters. The Balaban J connectivity index is 2.19. The highest BCUT2D eigenvalue weighted by Crippen LogP contribution is 2.27. The van der Waals surface area contributed by atoms with Crippen LogP contribution in [-0.2, 0) is 9.47 Å². The molecular weight excluding hydrogens is 202 g/mol. The van der Waals surface area contributed by atoms with Crippen molar-refractivity contribution in [1.29, 1.82) is 0 Å². The molecule has 0 aromatic carbocycles. The van der Waals surface area contributed by atoms with Crippen molar-refractivity contribution < 1.29 is 9.47 Å². The molecule has 0 spiro atoms. The molecule has 0 aromatic heterocycles. The van der Waals surface area contributed by atoms with E-state index in [2.05, 4.69) is 12.2 Å². The summed E-state index contributed by atoms with van der Waals surface area (Å²) in [4.78, 5) is 0. The molecule has 3 heteroatoms. The fourth-order valence-electron chi connectivity index (χ4n) is 2.40. The molecule has 0 heterocycles. The van der Waals surface area contributed by atoms with Crippen molar-refractivity contribution >= 4 is 0 Å². The largest absolute Gasteiger partial charge is 0.382 e. The monoisotopic (exact) mass is 229 g/mol. The van der Waals surface area contributed by atoms with E-state index in [1.165, 1.54) is 32.1 Å². The Kier molecular flexibility index (Phi) is 7.81. The van der Waals surface area contributed by atoms with Crippen molar-refractivity contribution in [3.63, 3.8) is 0 Å². The molecule has 0 saturated heterocycles. The van der Waals surface area contributed by atoms with Gasteiger partial charge in [0.1, 0.15) is 0 Å². The Morgan fingerprint density at radius 1 is 1.25 bits per heavy atom. The summed E-state index contributed by atoms with van der Waals surface area (Å²) in [6, 6.07) is 0.555. The Hall–Kier alpha value is -0.120. The van der Waals surface area contributed by atoms with Crippen molar-refractivity contribution in [2.45, 2.75) is 45.1 Å². The van der Waals surface area contributed by atoms with Gasteiger partial charge < -0.3 is 14.8 Å².